The highest BCUT2D eigenvalue weighted by molar-refractivity contribution is 5.69. The summed E-state index contributed by atoms with van der Waals surface area (Å²) in [6, 6.07) is 13.2. The van der Waals surface area contributed by atoms with Crippen LogP contribution in [0.4, 0.5) is 4.79 Å². The molecule has 0 saturated carbocycles. The van der Waals surface area contributed by atoms with Crippen molar-refractivity contribution in [3.63, 3.8) is 0 Å². The number of benzene rings is 1. The molecular formula is C19H22N2O4. The molecule has 2 aromatic rings. The summed E-state index contributed by atoms with van der Waals surface area (Å²) in [5, 5.41) is 2.91. The highest BCUT2D eigenvalue weighted by Crippen LogP contribution is 2.31. The monoisotopic (exact) mass is 342 g/mol. The highest BCUT2D eigenvalue weighted by atomic mass is 16.7. The Morgan fingerprint density at radius 1 is 1.16 bits per heavy atom. The number of rotatable bonds is 4. The van der Waals surface area contributed by atoms with Gasteiger partial charge in [0.1, 0.15) is 12.1 Å². The minimum absolute atomic E-state index is 0.197. The van der Waals surface area contributed by atoms with Crippen LogP contribution >= 0.6 is 0 Å². The van der Waals surface area contributed by atoms with Crippen molar-refractivity contribution in [3.05, 3.63) is 66.0 Å². The molecule has 1 aliphatic rings. The van der Waals surface area contributed by atoms with Crippen LogP contribution in [0.15, 0.2) is 54.9 Å². The number of nitrogens with zero attached hydrogens (tertiary/aromatic N) is 1. The number of carbonyl (C=O) groups excluding carboxylic acids is 1. The van der Waals surface area contributed by atoms with Gasteiger partial charge in [-0.15, -0.1) is 0 Å². The van der Waals surface area contributed by atoms with E-state index >= 15 is 0 Å². The summed E-state index contributed by atoms with van der Waals surface area (Å²) in [4.78, 5) is 16.5. The summed E-state index contributed by atoms with van der Waals surface area (Å²) in [5.41, 5.74) is 0.893. The Morgan fingerprint density at radius 2 is 1.88 bits per heavy atom. The van der Waals surface area contributed by atoms with Gasteiger partial charge in [-0.25, -0.2) is 4.79 Å². The number of pyridine rings is 1. The van der Waals surface area contributed by atoms with Crippen molar-refractivity contribution >= 4 is 6.09 Å². The summed E-state index contributed by atoms with van der Waals surface area (Å²) in [7, 11) is 0. The SMILES string of the molecule is CC1(C)OCC(NC(=O)OCc2ccccc2)(c2cccnc2)CO1. The lowest BCUT2D eigenvalue weighted by molar-refractivity contribution is -0.272. The molecule has 1 fully saturated rings. The molecule has 3 rings (SSSR count). The molecule has 1 aromatic heterocycles. The van der Waals surface area contributed by atoms with Gasteiger partial charge < -0.3 is 19.5 Å². The van der Waals surface area contributed by atoms with E-state index in [2.05, 4.69) is 10.3 Å². The summed E-state index contributed by atoms with van der Waals surface area (Å²) in [5.74, 6) is -0.693. The van der Waals surface area contributed by atoms with E-state index in [0.717, 1.165) is 11.1 Å². The minimum Gasteiger partial charge on any atom is -0.445 e. The summed E-state index contributed by atoms with van der Waals surface area (Å²) in [6.07, 6.45) is 2.85. The zero-order valence-corrected chi connectivity index (χ0v) is 14.4. The predicted molar refractivity (Wildman–Crippen MR) is 91.7 cm³/mol. The topological polar surface area (TPSA) is 69.7 Å². The number of hydrogen-bond donors (Lipinski definition) is 1. The number of ether oxygens (including phenoxy) is 3. The van der Waals surface area contributed by atoms with Crippen molar-refractivity contribution in [1.29, 1.82) is 0 Å². The lowest BCUT2D eigenvalue weighted by atomic mass is 9.92. The Labute approximate surface area is 147 Å². The van der Waals surface area contributed by atoms with Gasteiger partial charge in [-0.3, -0.25) is 4.98 Å². The van der Waals surface area contributed by atoms with E-state index in [0.29, 0.717) is 0 Å². The third-order valence-corrected chi connectivity index (χ3v) is 4.10. The van der Waals surface area contributed by atoms with Gasteiger partial charge in [-0.05, 0) is 25.5 Å². The second-order valence-electron chi connectivity index (χ2n) is 6.49. The standard InChI is InChI=1S/C19H22N2O4/c1-18(2)24-13-19(14-25-18,16-9-6-10-20-11-16)21-17(22)23-12-15-7-4-3-5-8-15/h3-11H,12-14H2,1-2H3,(H,21,22). The van der Waals surface area contributed by atoms with Crippen molar-refractivity contribution in [2.45, 2.75) is 31.8 Å². The molecule has 0 unspecified atom stereocenters. The van der Waals surface area contributed by atoms with Gasteiger partial charge in [-0.2, -0.15) is 0 Å². The van der Waals surface area contributed by atoms with Gasteiger partial charge in [0, 0.05) is 18.0 Å². The number of carbonyl (C=O) groups is 1. The number of hydrogen-bond acceptors (Lipinski definition) is 5. The predicted octanol–water partition coefficient (Wildman–Crippen LogP) is 2.99. The first-order valence-electron chi connectivity index (χ1n) is 8.16. The second kappa shape index (κ2) is 7.21. The zero-order valence-electron chi connectivity index (χ0n) is 14.4. The summed E-state index contributed by atoms with van der Waals surface area (Å²) in [6.45, 7) is 4.42. The summed E-state index contributed by atoms with van der Waals surface area (Å²) < 4.78 is 16.9. The Kier molecular flexibility index (Phi) is 5.01. The smallest absolute Gasteiger partial charge is 0.408 e. The fraction of sp³-hybridized carbons (Fsp3) is 0.368. The normalized spacial score (nSPS) is 18.3. The molecule has 2 heterocycles. The molecule has 6 heteroatoms. The minimum atomic E-state index is -0.836. The number of alkyl carbamates (subject to hydrolysis) is 1. The quantitative estimate of drug-likeness (QED) is 0.925. The largest absolute Gasteiger partial charge is 0.445 e. The maximum Gasteiger partial charge on any atom is 0.408 e. The van der Waals surface area contributed by atoms with Crippen molar-refractivity contribution in [3.8, 4) is 0 Å². The number of nitrogens with one attached hydrogen (secondary N) is 1. The molecule has 1 aliphatic heterocycles. The average molecular weight is 342 g/mol. The van der Waals surface area contributed by atoms with E-state index < -0.39 is 17.4 Å². The molecule has 0 atom stereocenters. The van der Waals surface area contributed by atoms with Gasteiger partial charge >= 0.3 is 6.09 Å². The van der Waals surface area contributed by atoms with E-state index in [1.807, 2.05) is 56.3 Å². The van der Waals surface area contributed by atoms with Crippen molar-refractivity contribution in [2.24, 2.45) is 0 Å². The first kappa shape index (κ1) is 17.4. The van der Waals surface area contributed by atoms with E-state index in [1.54, 1.807) is 12.4 Å². The molecule has 0 spiro atoms. The number of amides is 1. The Bertz CT molecular complexity index is 694. The third-order valence-electron chi connectivity index (χ3n) is 4.10. The first-order chi connectivity index (χ1) is 12.0. The molecule has 0 radical (unpaired) electrons. The Morgan fingerprint density at radius 3 is 2.52 bits per heavy atom. The van der Waals surface area contributed by atoms with E-state index in [9.17, 15) is 4.79 Å². The van der Waals surface area contributed by atoms with Gasteiger partial charge in [0.05, 0.1) is 13.2 Å². The van der Waals surface area contributed by atoms with Gasteiger partial charge in [-0.1, -0.05) is 36.4 Å². The van der Waals surface area contributed by atoms with Crippen molar-refractivity contribution in [1.82, 2.24) is 10.3 Å². The lowest BCUT2D eigenvalue weighted by Crippen LogP contribution is -2.58. The fourth-order valence-corrected chi connectivity index (χ4v) is 2.59. The third kappa shape index (κ3) is 4.35. The van der Waals surface area contributed by atoms with E-state index in [-0.39, 0.29) is 19.8 Å². The summed E-state index contributed by atoms with van der Waals surface area (Å²) >= 11 is 0. The molecule has 0 aliphatic carbocycles. The zero-order chi connectivity index (χ0) is 17.8. The first-order valence-corrected chi connectivity index (χ1v) is 8.16. The average Bonchev–Trinajstić information content (AvgIpc) is 2.64. The maximum atomic E-state index is 12.4. The van der Waals surface area contributed by atoms with Crippen LogP contribution < -0.4 is 5.32 Å². The van der Waals surface area contributed by atoms with Crippen LogP contribution in [0.1, 0.15) is 25.0 Å². The molecule has 0 bridgehead atoms. The maximum absolute atomic E-state index is 12.4. The van der Waals surface area contributed by atoms with Crippen molar-refractivity contribution in [2.75, 3.05) is 13.2 Å². The molecule has 25 heavy (non-hydrogen) atoms. The second-order valence-corrected chi connectivity index (χ2v) is 6.49. The molecule has 6 nitrogen and oxygen atoms in total. The van der Waals surface area contributed by atoms with Crippen LogP contribution in [-0.4, -0.2) is 30.1 Å². The van der Waals surface area contributed by atoms with E-state index in [4.69, 9.17) is 14.2 Å². The van der Waals surface area contributed by atoms with Gasteiger partial charge in [0.2, 0.25) is 0 Å². The molecule has 1 amide bonds. The van der Waals surface area contributed by atoms with Gasteiger partial charge in [0.25, 0.3) is 0 Å². The van der Waals surface area contributed by atoms with Crippen LogP contribution in [0, 0.1) is 0 Å². The lowest BCUT2D eigenvalue weighted by Gasteiger charge is -2.43. The Hall–Kier alpha value is -2.44. The molecule has 1 N–H and O–H groups in total. The molecule has 132 valence electrons. The Balaban J connectivity index is 1.71. The van der Waals surface area contributed by atoms with Crippen LogP contribution in [0.2, 0.25) is 0 Å². The van der Waals surface area contributed by atoms with E-state index in [1.165, 1.54) is 0 Å². The van der Waals surface area contributed by atoms with Crippen molar-refractivity contribution < 1.29 is 19.0 Å². The van der Waals surface area contributed by atoms with Crippen LogP contribution in [0.25, 0.3) is 0 Å². The number of aromatic nitrogens is 1. The molecule has 1 saturated heterocycles. The van der Waals surface area contributed by atoms with Crippen LogP contribution in [0.5, 0.6) is 0 Å². The van der Waals surface area contributed by atoms with Crippen LogP contribution in [0.3, 0.4) is 0 Å². The van der Waals surface area contributed by atoms with Gasteiger partial charge in [0.15, 0.2) is 5.79 Å². The molecule has 1 aromatic carbocycles. The molecular weight excluding hydrogens is 320 g/mol. The van der Waals surface area contributed by atoms with Crippen LogP contribution in [-0.2, 0) is 26.4 Å². The highest BCUT2D eigenvalue weighted by Gasteiger charge is 2.43. The fourth-order valence-electron chi connectivity index (χ4n) is 2.59.